The largest absolute Gasteiger partial charge is 0.355 e. The van der Waals surface area contributed by atoms with Gasteiger partial charge >= 0.3 is 0 Å². The van der Waals surface area contributed by atoms with E-state index in [1.54, 1.807) is 0 Å². The molecule has 0 radical (unpaired) electrons. The Morgan fingerprint density at radius 2 is 1.41 bits per heavy atom. The highest BCUT2D eigenvalue weighted by atomic mass is 32.2. The zero-order chi connectivity index (χ0) is 22.8. The van der Waals surface area contributed by atoms with Crippen molar-refractivity contribution in [3.8, 4) is 0 Å². The first-order valence-corrected chi connectivity index (χ1v) is 12.2. The van der Waals surface area contributed by atoms with Crippen molar-refractivity contribution in [1.82, 2.24) is 0 Å². The minimum absolute atomic E-state index is 0.215. The summed E-state index contributed by atoms with van der Waals surface area (Å²) in [6.45, 7) is 13.1. The lowest BCUT2D eigenvalue weighted by molar-refractivity contribution is 0.830. The van der Waals surface area contributed by atoms with E-state index in [4.69, 9.17) is 4.99 Å². The van der Waals surface area contributed by atoms with E-state index in [2.05, 4.69) is 108 Å². The van der Waals surface area contributed by atoms with Crippen LogP contribution in [0.1, 0.15) is 50.5 Å². The molecule has 1 N–H and O–H groups in total. The minimum Gasteiger partial charge on any atom is -0.355 e. The number of rotatable bonds is 5. The summed E-state index contributed by atoms with van der Waals surface area (Å²) in [5.41, 5.74) is 12.6. The average molecular weight is 441 g/mol. The van der Waals surface area contributed by atoms with Crippen LogP contribution in [0.25, 0.3) is 5.70 Å². The van der Waals surface area contributed by atoms with Crippen LogP contribution in [-0.2, 0) is 0 Å². The second-order valence-electron chi connectivity index (χ2n) is 8.93. The van der Waals surface area contributed by atoms with Gasteiger partial charge in [-0.2, -0.15) is 0 Å². The highest BCUT2D eigenvalue weighted by Crippen LogP contribution is 2.36. The zero-order valence-corrected chi connectivity index (χ0v) is 20.7. The van der Waals surface area contributed by atoms with Gasteiger partial charge in [0.2, 0.25) is 0 Å². The van der Waals surface area contributed by atoms with E-state index in [9.17, 15) is 0 Å². The van der Waals surface area contributed by atoms with Gasteiger partial charge in [0.15, 0.2) is 0 Å². The van der Waals surface area contributed by atoms with E-state index in [0.717, 1.165) is 16.5 Å². The molecule has 4 rings (SSSR count). The van der Waals surface area contributed by atoms with Crippen molar-refractivity contribution in [3.63, 3.8) is 0 Å². The third-order valence-electron chi connectivity index (χ3n) is 6.03. The Kier molecular flexibility index (Phi) is 6.57. The number of aliphatic imine (C=N–C) groups is 1. The van der Waals surface area contributed by atoms with E-state index in [1.807, 2.05) is 11.8 Å². The molecule has 0 saturated carbocycles. The number of anilines is 1. The van der Waals surface area contributed by atoms with Crippen molar-refractivity contribution in [1.29, 1.82) is 0 Å². The molecule has 3 aromatic carbocycles. The molecular formula is C29H32N2S. The Morgan fingerprint density at radius 3 is 2.00 bits per heavy atom. The molecule has 2 nitrogen and oxygen atoms in total. The highest BCUT2D eigenvalue weighted by molar-refractivity contribution is 8.14. The van der Waals surface area contributed by atoms with Crippen LogP contribution >= 0.6 is 11.8 Å². The van der Waals surface area contributed by atoms with Crippen molar-refractivity contribution in [2.45, 2.75) is 47.6 Å². The fourth-order valence-electron chi connectivity index (χ4n) is 4.78. The summed E-state index contributed by atoms with van der Waals surface area (Å²) in [4.78, 5) is 5.14. The number of benzene rings is 3. The van der Waals surface area contributed by atoms with Crippen LogP contribution in [0.3, 0.4) is 0 Å². The van der Waals surface area contributed by atoms with Gasteiger partial charge in [-0.1, -0.05) is 65.7 Å². The van der Waals surface area contributed by atoms with Crippen LogP contribution in [0, 0.1) is 41.5 Å². The summed E-state index contributed by atoms with van der Waals surface area (Å²) in [6, 6.07) is 19.8. The molecule has 3 heteroatoms. The van der Waals surface area contributed by atoms with Gasteiger partial charge < -0.3 is 5.32 Å². The number of nitrogens with one attached hydrogen (secondary N) is 1. The normalized spacial score (nSPS) is 16.2. The molecule has 0 aliphatic carbocycles. The molecule has 1 aliphatic rings. The van der Waals surface area contributed by atoms with Gasteiger partial charge in [-0.15, -0.1) is 11.8 Å². The molecule has 1 aliphatic heterocycles. The van der Waals surface area contributed by atoms with Crippen molar-refractivity contribution in [2.75, 3.05) is 11.1 Å². The molecule has 164 valence electrons. The first-order chi connectivity index (χ1) is 15.3. The van der Waals surface area contributed by atoms with E-state index < -0.39 is 0 Å². The Bertz CT molecular complexity index is 1160. The van der Waals surface area contributed by atoms with E-state index in [-0.39, 0.29) is 6.04 Å². The van der Waals surface area contributed by atoms with Crippen molar-refractivity contribution < 1.29 is 0 Å². The van der Waals surface area contributed by atoms with Crippen molar-refractivity contribution in [3.05, 3.63) is 105 Å². The van der Waals surface area contributed by atoms with Gasteiger partial charge in [0.1, 0.15) is 0 Å². The van der Waals surface area contributed by atoms with Gasteiger partial charge in [0.05, 0.1) is 11.1 Å². The first-order valence-electron chi connectivity index (χ1n) is 11.2. The number of aryl methyl sites for hydroxylation is 6. The molecule has 0 amide bonds. The topological polar surface area (TPSA) is 24.4 Å². The minimum atomic E-state index is 0.215. The summed E-state index contributed by atoms with van der Waals surface area (Å²) in [5.74, 6) is 0.987. The van der Waals surface area contributed by atoms with Crippen LogP contribution in [0.15, 0.2) is 65.7 Å². The summed E-state index contributed by atoms with van der Waals surface area (Å²) < 4.78 is 0. The molecule has 1 heterocycles. The lowest BCUT2D eigenvalue weighted by Crippen LogP contribution is -2.04. The number of thioether (sulfide) groups is 1. The highest BCUT2D eigenvalue weighted by Gasteiger charge is 2.23. The predicted octanol–water partition coefficient (Wildman–Crippen LogP) is 7.88. The second kappa shape index (κ2) is 9.38. The van der Waals surface area contributed by atoms with Crippen LogP contribution in [0.5, 0.6) is 0 Å². The van der Waals surface area contributed by atoms with Gasteiger partial charge in [-0.05, 0) is 81.0 Å². The second-order valence-corrected chi connectivity index (χ2v) is 9.97. The van der Waals surface area contributed by atoms with E-state index >= 15 is 0 Å². The quantitative estimate of drug-likeness (QED) is 0.436. The fraction of sp³-hybridized carbons (Fsp3) is 0.276. The zero-order valence-electron chi connectivity index (χ0n) is 19.9. The Morgan fingerprint density at radius 1 is 0.844 bits per heavy atom. The molecule has 1 unspecified atom stereocenters. The average Bonchev–Trinajstić information content (AvgIpc) is 3.17. The fourth-order valence-corrected chi connectivity index (χ4v) is 5.75. The molecule has 0 aromatic heterocycles. The van der Waals surface area contributed by atoms with E-state index in [1.165, 1.54) is 50.2 Å². The SMILES string of the molecule is Cc1cc(C)c(NC(=CC2=NC(c3c(C)cc(C)cc3C)CS2)c2ccccc2)c(C)c1. The van der Waals surface area contributed by atoms with Gasteiger partial charge in [-0.25, -0.2) is 0 Å². The lowest BCUT2D eigenvalue weighted by atomic mass is 9.95. The molecule has 3 aromatic rings. The summed E-state index contributed by atoms with van der Waals surface area (Å²) in [7, 11) is 0. The number of hydrogen-bond acceptors (Lipinski definition) is 3. The molecule has 32 heavy (non-hydrogen) atoms. The van der Waals surface area contributed by atoms with E-state index in [0.29, 0.717) is 0 Å². The lowest BCUT2D eigenvalue weighted by Gasteiger charge is -2.17. The maximum Gasteiger partial charge on any atom is 0.0934 e. The van der Waals surface area contributed by atoms with Crippen molar-refractivity contribution in [2.24, 2.45) is 4.99 Å². The maximum atomic E-state index is 5.14. The van der Waals surface area contributed by atoms with Crippen LogP contribution < -0.4 is 5.32 Å². The third kappa shape index (κ3) is 4.83. The van der Waals surface area contributed by atoms with Crippen LogP contribution in [0.2, 0.25) is 0 Å². The maximum absolute atomic E-state index is 5.14. The van der Waals surface area contributed by atoms with Gasteiger partial charge in [-0.3, -0.25) is 4.99 Å². The monoisotopic (exact) mass is 440 g/mol. The molecule has 1 atom stereocenters. The molecular weight excluding hydrogens is 408 g/mol. The number of nitrogens with zero attached hydrogens (tertiary/aromatic N) is 1. The smallest absolute Gasteiger partial charge is 0.0934 e. The van der Waals surface area contributed by atoms with Crippen LogP contribution in [-0.4, -0.2) is 10.8 Å². The summed E-state index contributed by atoms with van der Waals surface area (Å²) in [6.07, 6.45) is 2.22. The Hall–Kier alpha value is -2.78. The standard InChI is InChI=1S/C29H32N2S/c1-18-12-20(3)28(21(4)13-18)26-17-32-27(30-26)16-25(24-10-8-7-9-11-24)31-29-22(5)14-19(2)15-23(29)6/h7-16,26,31H,17H2,1-6H3. The summed E-state index contributed by atoms with van der Waals surface area (Å²) >= 11 is 1.84. The third-order valence-corrected chi connectivity index (χ3v) is 7.03. The molecule has 0 bridgehead atoms. The van der Waals surface area contributed by atoms with Gasteiger partial charge in [0.25, 0.3) is 0 Å². The number of hydrogen-bond donors (Lipinski definition) is 1. The predicted molar refractivity (Wildman–Crippen MR) is 142 cm³/mol. The molecule has 0 fully saturated rings. The summed E-state index contributed by atoms with van der Waals surface area (Å²) in [5, 5.41) is 4.82. The van der Waals surface area contributed by atoms with Crippen molar-refractivity contribution >= 4 is 28.2 Å². The Balaban J connectivity index is 1.72. The molecule has 0 saturated heterocycles. The first kappa shape index (κ1) is 22.4. The Labute approximate surface area is 196 Å². The van der Waals surface area contributed by atoms with Crippen LogP contribution in [0.4, 0.5) is 5.69 Å². The molecule has 0 spiro atoms. The van der Waals surface area contributed by atoms with Gasteiger partial charge in [0, 0.05) is 17.1 Å².